The topological polar surface area (TPSA) is 49.3 Å². The fraction of sp³-hybridized carbons (Fsp3) is 0.312. The van der Waals surface area contributed by atoms with E-state index in [0.29, 0.717) is 12.4 Å². The van der Waals surface area contributed by atoms with Gasteiger partial charge in [-0.15, -0.1) is 0 Å². The quantitative estimate of drug-likeness (QED) is 0.849. The maximum absolute atomic E-state index is 12.2. The minimum atomic E-state index is -0.210. The van der Waals surface area contributed by atoms with Crippen molar-refractivity contribution in [2.24, 2.45) is 0 Å². The van der Waals surface area contributed by atoms with Gasteiger partial charge in [0.1, 0.15) is 0 Å². The van der Waals surface area contributed by atoms with Crippen LogP contribution in [0.2, 0.25) is 0 Å². The first-order chi connectivity index (χ1) is 9.99. The highest BCUT2D eigenvalue weighted by molar-refractivity contribution is 5.93. The zero-order valence-electron chi connectivity index (χ0n) is 12.4. The van der Waals surface area contributed by atoms with E-state index in [0.717, 1.165) is 11.1 Å². The van der Waals surface area contributed by atoms with E-state index in [1.54, 1.807) is 17.4 Å². The fourth-order valence-electron chi connectivity index (χ4n) is 2.45. The summed E-state index contributed by atoms with van der Waals surface area (Å²) in [5.41, 5.74) is 1.79. The second-order valence-corrected chi connectivity index (χ2v) is 5.86. The largest absolute Gasteiger partial charge is 0.273 e. The van der Waals surface area contributed by atoms with Crippen molar-refractivity contribution in [2.75, 3.05) is 12.1 Å². The lowest BCUT2D eigenvalue weighted by atomic mass is 10.0. The average Bonchev–Trinajstić information content (AvgIpc) is 2.68. The Balaban J connectivity index is 1.90. The van der Waals surface area contributed by atoms with E-state index in [1.165, 1.54) is 0 Å². The van der Waals surface area contributed by atoms with E-state index in [4.69, 9.17) is 0 Å². The van der Waals surface area contributed by atoms with E-state index in [2.05, 4.69) is 9.97 Å². The van der Waals surface area contributed by atoms with Gasteiger partial charge in [-0.2, -0.15) is 0 Å². The Morgan fingerprint density at radius 3 is 2.19 bits per heavy atom. The third kappa shape index (κ3) is 2.40. The van der Waals surface area contributed by atoms with Crippen LogP contribution in [0.1, 0.15) is 20.3 Å². The van der Waals surface area contributed by atoms with Crippen LogP contribution in [0.4, 0.5) is 5.95 Å². The summed E-state index contributed by atoms with van der Waals surface area (Å²) in [7, 11) is 1.89. The SMILES string of the molecule is CN1N(c2ncc(-c3ccccc3)cn2)C(=O)CC1(C)C. The lowest BCUT2D eigenvalue weighted by Gasteiger charge is -2.31. The molecule has 1 fully saturated rings. The molecule has 1 aliphatic heterocycles. The van der Waals surface area contributed by atoms with Crippen LogP contribution < -0.4 is 5.01 Å². The molecule has 1 aliphatic rings. The van der Waals surface area contributed by atoms with Gasteiger partial charge in [0.25, 0.3) is 0 Å². The summed E-state index contributed by atoms with van der Waals surface area (Å²) in [5.74, 6) is 0.447. The molecule has 0 radical (unpaired) electrons. The van der Waals surface area contributed by atoms with Crippen molar-refractivity contribution in [1.82, 2.24) is 15.0 Å². The first-order valence-corrected chi connectivity index (χ1v) is 6.93. The molecule has 0 saturated carbocycles. The van der Waals surface area contributed by atoms with Crippen molar-refractivity contribution >= 4 is 11.9 Å². The van der Waals surface area contributed by atoms with Gasteiger partial charge in [0.15, 0.2) is 0 Å². The number of amides is 1. The normalized spacial score (nSPS) is 18.2. The lowest BCUT2D eigenvalue weighted by molar-refractivity contribution is -0.118. The molecule has 0 atom stereocenters. The molecule has 2 heterocycles. The van der Waals surface area contributed by atoms with Crippen molar-refractivity contribution in [1.29, 1.82) is 0 Å². The van der Waals surface area contributed by atoms with Gasteiger partial charge in [-0.3, -0.25) is 4.79 Å². The number of anilines is 1. The van der Waals surface area contributed by atoms with Gasteiger partial charge in [0, 0.05) is 37.0 Å². The van der Waals surface area contributed by atoms with Gasteiger partial charge in [-0.1, -0.05) is 30.3 Å². The number of hydrazine groups is 1. The molecule has 0 N–H and O–H groups in total. The smallest absolute Gasteiger partial charge is 0.247 e. The van der Waals surface area contributed by atoms with Gasteiger partial charge in [0.05, 0.1) is 0 Å². The lowest BCUT2D eigenvalue weighted by Crippen LogP contribution is -2.45. The van der Waals surface area contributed by atoms with E-state index >= 15 is 0 Å². The van der Waals surface area contributed by atoms with Crippen molar-refractivity contribution < 1.29 is 4.79 Å². The molecule has 1 saturated heterocycles. The summed E-state index contributed by atoms with van der Waals surface area (Å²) >= 11 is 0. The number of nitrogens with zero attached hydrogens (tertiary/aromatic N) is 4. The molecule has 5 nitrogen and oxygen atoms in total. The Kier molecular flexibility index (Phi) is 3.22. The Bertz CT molecular complexity index is 652. The zero-order valence-corrected chi connectivity index (χ0v) is 12.4. The molecule has 0 unspecified atom stereocenters. The monoisotopic (exact) mass is 282 g/mol. The van der Waals surface area contributed by atoms with E-state index in [1.807, 2.05) is 56.2 Å². The Morgan fingerprint density at radius 2 is 1.67 bits per heavy atom. The molecule has 0 aliphatic carbocycles. The molecule has 108 valence electrons. The van der Waals surface area contributed by atoms with Crippen molar-refractivity contribution in [3.05, 3.63) is 42.7 Å². The highest BCUT2D eigenvalue weighted by atomic mass is 16.2. The molecule has 1 amide bonds. The summed E-state index contributed by atoms with van der Waals surface area (Å²) in [6.07, 6.45) is 3.97. The number of hydrogen-bond acceptors (Lipinski definition) is 4. The number of rotatable bonds is 2. The molecule has 0 spiro atoms. The minimum Gasteiger partial charge on any atom is -0.273 e. The molecule has 1 aromatic carbocycles. The first kappa shape index (κ1) is 13.7. The molecular weight excluding hydrogens is 264 g/mol. The molecule has 5 heteroatoms. The van der Waals surface area contributed by atoms with Crippen molar-refractivity contribution in [3.8, 4) is 11.1 Å². The number of carbonyl (C=O) groups is 1. The summed E-state index contributed by atoms with van der Waals surface area (Å²) in [6.45, 7) is 4.06. The van der Waals surface area contributed by atoms with Crippen LogP contribution in [0.25, 0.3) is 11.1 Å². The van der Waals surface area contributed by atoms with Crippen LogP contribution in [-0.2, 0) is 4.79 Å². The van der Waals surface area contributed by atoms with Crippen molar-refractivity contribution in [2.45, 2.75) is 25.8 Å². The summed E-state index contributed by atoms with van der Waals surface area (Å²) in [4.78, 5) is 20.9. The zero-order chi connectivity index (χ0) is 15.0. The predicted octanol–water partition coefficient (Wildman–Crippen LogP) is 2.51. The average molecular weight is 282 g/mol. The Hall–Kier alpha value is -2.27. The maximum Gasteiger partial charge on any atom is 0.247 e. The Morgan fingerprint density at radius 1 is 1.05 bits per heavy atom. The van der Waals surface area contributed by atoms with Gasteiger partial charge in [-0.05, 0) is 19.4 Å². The van der Waals surface area contributed by atoms with E-state index in [9.17, 15) is 4.79 Å². The fourth-order valence-corrected chi connectivity index (χ4v) is 2.45. The predicted molar refractivity (Wildman–Crippen MR) is 81.4 cm³/mol. The summed E-state index contributed by atoms with van der Waals surface area (Å²) < 4.78 is 0. The molecular formula is C16H18N4O. The molecule has 21 heavy (non-hydrogen) atoms. The van der Waals surface area contributed by atoms with Gasteiger partial charge < -0.3 is 0 Å². The van der Waals surface area contributed by atoms with Crippen LogP contribution in [0.3, 0.4) is 0 Å². The van der Waals surface area contributed by atoms with Crippen molar-refractivity contribution in [3.63, 3.8) is 0 Å². The summed E-state index contributed by atoms with van der Waals surface area (Å²) in [5, 5.41) is 3.45. The highest BCUT2D eigenvalue weighted by Gasteiger charge is 2.43. The summed E-state index contributed by atoms with van der Waals surface area (Å²) in [6, 6.07) is 9.94. The van der Waals surface area contributed by atoms with Crippen LogP contribution in [-0.4, -0.2) is 33.5 Å². The third-order valence-corrected chi connectivity index (χ3v) is 3.93. The maximum atomic E-state index is 12.2. The molecule has 0 bridgehead atoms. The molecule has 1 aromatic heterocycles. The van der Waals surface area contributed by atoms with Gasteiger partial charge in [-0.25, -0.2) is 20.0 Å². The highest BCUT2D eigenvalue weighted by Crippen LogP contribution is 2.31. The third-order valence-electron chi connectivity index (χ3n) is 3.93. The number of hydrogen-bond donors (Lipinski definition) is 0. The second-order valence-electron chi connectivity index (χ2n) is 5.86. The van der Waals surface area contributed by atoms with Crippen LogP contribution in [0.5, 0.6) is 0 Å². The second kappa shape index (κ2) is 4.93. The van der Waals surface area contributed by atoms with Gasteiger partial charge >= 0.3 is 0 Å². The van der Waals surface area contributed by atoms with Crippen LogP contribution in [0, 0.1) is 0 Å². The van der Waals surface area contributed by atoms with Gasteiger partial charge in [0.2, 0.25) is 11.9 Å². The molecule has 3 rings (SSSR count). The standard InChI is InChI=1S/C16H18N4O/c1-16(2)9-14(21)20(19(16)3)15-17-10-13(11-18-15)12-7-5-4-6-8-12/h4-8,10-11H,9H2,1-3H3. The number of benzene rings is 1. The Labute approximate surface area is 124 Å². The minimum absolute atomic E-state index is 0.0231. The van der Waals surface area contributed by atoms with Crippen LogP contribution >= 0.6 is 0 Å². The molecule has 2 aromatic rings. The number of carbonyl (C=O) groups excluding carboxylic acids is 1. The number of aromatic nitrogens is 2. The first-order valence-electron chi connectivity index (χ1n) is 6.93. The van der Waals surface area contributed by atoms with E-state index in [-0.39, 0.29) is 11.4 Å². The van der Waals surface area contributed by atoms with Crippen LogP contribution in [0.15, 0.2) is 42.7 Å². The van der Waals surface area contributed by atoms with E-state index < -0.39 is 0 Å².